The van der Waals surface area contributed by atoms with E-state index < -0.39 is 4.92 Å². The van der Waals surface area contributed by atoms with Crippen LogP contribution in [0.1, 0.15) is 0 Å². The molecule has 0 aliphatic heterocycles. The maximum absolute atomic E-state index is 13.0. The number of hydrogen-bond donors (Lipinski definition) is 0. The van der Waals surface area contributed by atoms with Gasteiger partial charge in [0.15, 0.2) is 5.43 Å². The zero-order valence-corrected chi connectivity index (χ0v) is 13.7. The van der Waals surface area contributed by atoms with E-state index in [9.17, 15) is 14.9 Å². The standard InChI is InChI=1S/C21H14N2O3/c24-21-18-11-4-5-12-20(18)22(14-19(21)15-7-2-1-3-8-15)16-9-6-10-17(13-16)23(25)26/h1-14H. The number of nitrogens with zero attached hydrogens (tertiary/aromatic N) is 2. The van der Waals surface area contributed by atoms with E-state index in [-0.39, 0.29) is 11.1 Å². The molecule has 0 aliphatic carbocycles. The van der Waals surface area contributed by atoms with Crippen LogP contribution >= 0.6 is 0 Å². The lowest BCUT2D eigenvalue weighted by Crippen LogP contribution is -2.11. The van der Waals surface area contributed by atoms with Gasteiger partial charge in [-0.3, -0.25) is 14.9 Å². The Morgan fingerprint density at radius 2 is 1.58 bits per heavy atom. The normalized spacial score (nSPS) is 10.8. The van der Waals surface area contributed by atoms with Crippen molar-refractivity contribution in [3.63, 3.8) is 0 Å². The molecule has 1 aromatic heterocycles. The Morgan fingerprint density at radius 1 is 0.846 bits per heavy atom. The van der Waals surface area contributed by atoms with Crippen LogP contribution in [0.4, 0.5) is 5.69 Å². The predicted octanol–water partition coefficient (Wildman–Crippen LogP) is 4.57. The van der Waals surface area contributed by atoms with Crippen LogP contribution in [0, 0.1) is 10.1 Å². The zero-order valence-electron chi connectivity index (χ0n) is 13.7. The summed E-state index contributed by atoms with van der Waals surface area (Å²) in [6.45, 7) is 0. The van der Waals surface area contributed by atoms with Gasteiger partial charge < -0.3 is 4.57 Å². The van der Waals surface area contributed by atoms with Crippen molar-refractivity contribution in [2.24, 2.45) is 0 Å². The molecule has 0 spiro atoms. The van der Waals surface area contributed by atoms with Crippen molar-refractivity contribution in [1.82, 2.24) is 4.57 Å². The first-order valence-electron chi connectivity index (χ1n) is 8.10. The molecule has 1 heterocycles. The Morgan fingerprint density at radius 3 is 2.35 bits per heavy atom. The number of fused-ring (bicyclic) bond motifs is 1. The molecule has 126 valence electrons. The quantitative estimate of drug-likeness (QED) is 0.405. The van der Waals surface area contributed by atoms with E-state index in [0.717, 1.165) is 5.56 Å². The molecule has 5 heteroatoms. The minimum Gasteiger partial charge on any atom is -0.315 e. The molecule has 26 heavy (non-hydrogen) atoms. The maximum Gasteiger partial charge on any atom is 0.271 e. The van der Waals surface area contributed by atoms with Gasteiger partial charge in [0, 0.05) is 29.3 Å². The molecule has 0 atom stereocenters. The van der Waals surface area contributed by atoms with Gasteiger partial charge >= 0.3 is 0 Å². The molecule has 0 amide bonds. The van der Waals surface area contributed by atoms with Gasteiger partial charge in [-0.05, 0) is 23.8 Å². The maximum atomic E-state index is 13.0. The molecule has 0 unspecified atom stereocenters. The van der Waals surface area contributed by atoms with Crippen LogP contribution in [0.2, 0.25) is 0 Å². The largest absolute Gasteiger partial charge is 0.315 e. The van der Waals surface area contributed by atoms with Crippen LogP contribution in [0.5, 0.6) is 0 Å². The number of nitro benzene ring substituents is 1. The second-order valence-electron chi connectivity index (χ2n) is 5.90. The lowest BCUT2D eigenvalue weighted by molar-refractivity contribution is -0.384. The lowest BCUT2D eigenvalue weighted by Gasteiger charge is -2.13. The molecule has 3 aromatic carbocycles. The zero-order chi connectivity index (χ0) is 18.1. The summed E-state index contributed by atoms with van der Waals surface area (Å²) in [7, 11) is 0. The summed E-state index contributed by atoms with van der Waals surface area (Å²) >= 11 is 0. The number of benzene rings is 3. The predicted molar refractivity (Wildman–Crippen MR) is 102 cm³/mol. The summed E-state index contributed by atoms with van der Waals surface area (Å²) in [5, 5.41) is 11.7. The number of aromatic nitrogens is 1. The van der Waals surface area contributed by atoms with Gasteiger partial charge in [0.2, 0.25) is 0 Å². The first-order chi connectivity index (χ1) is 12.6. The first-order valence-corrected chi connectivity index (χ1v) is 8.10. The van der Waals surface area contributed by atoms with Gasteiger partial charge in [-0.2, -0.15) is 0 Å². The average molecular weight is 342 g/mol. The summed E-state index contributed by atoms with van der Waals surface area (Å²) in [5.41, 5.74) is 2.64. The second-order valence-corrected chi connectivity index (χ2v) is 5.90. The van der Waals surface area contributed by atoms with Gasteiger partial charge in [0.05, 0.1) is 16.1 Å². The minimum absolute atomic E-state index is 0.00606. The van der Waals surface area contributed by atoms with Crippen molar-refractivity contribution in [1.29, 1.82) is 0 Å². The Balaban J connectivity index is 2.06. The van der Waals surface area contributed by atoms with Crippen molar-refractivity contribution in [2.75, 3.05) is 0 Å². The molecule has 4 rings (SSSR count). The highest BCUT2D eigenvalue weighted by Gasteiger charge is 2.13. The van der Waals surface area contributed by atoms with Gasteiger partial charge in [-0.25, -0.2) is 0 Å². The number of non-ortho nitro benzene ring substituents is 1. The van der Waals surface area contributed by atoms with Crippen molar-refractivity contribution < 1.29 is 4.92 Å². The summed E-state index contributed by atoms with van der Waals surface area (Å²) in [6.07, 6.45) is 1.75. The number of nitro groups is 1. The Bertz CT molecular complexity index is 1180. The van der Waals surface area contributed by atoms with E-state index in [4.69, 9.17) is 0 Å². The Hall–Kier alpha value is -3.73. The average Bonchev–Trinajstić information content (AvgIpc) is 2.69. The van der Waals surface area contributed by atoms with Crippen LogP contribution in [-0.2, 0) is 0 Å². The highest BCUT2D eigenvalue weighted by Crippen LogP contribution is 2.24. The first kappa shape index (κ1) is 15.8. The molecule has 0 fully saturated rings. The second kappa shape index (κ2) is 6.29. The van der Waals surface area contributed by atoms with E-state index in [1.807, 2.05) is 53.1 Å². The minimum atomic E-state index is -0.424. The molecule has 0 N–H and O–H groups in total. The summed E-state index contributed by atoms with van der Waals surface area (Å²) in [5.74, 6) is 0. The van der Waals surface area contributed by atoms with Crippen molar-refractivity contribution in [3.8, 4) is 16.8 Å². The SMILES string of the molecule is O=c1c(-c2ccccc2)cn(-c2cccc([N+](=O)[O-])c2)c2ccccc12. The smallest absolute Gasteiger partial charge is 0.271 e. The molecule has 0 radical (unpaired) electrons. The highest BCUT2D eigenvalue weighted by atomic mass is 16.6. The summed E-state index contributed by atoms with van der Waals surface area (Å²) in [4.78, 5) is 23.7. The molecular formula is C21H14N2O3. The molecule has 0 saturated carbocycles. The Kier molecular flexibility index (Phi) is 3.82. The third-order valence-corrected chi connectivity index (χ3v) is 4.31. The van der Waals surface area contributed by atoms with Crippen LogP contribution in [0.15, 0.2) is 89.9 Å². The number of pyridine rings is 1. The molecule has 0 bridgehead atoms. The molecule has 0 saturated heterocycles. The van der Waals surface area contributed by atoms with Crippen LogP contribution in [0.25, 0.3) is 27.7 Å². The fourth-order valence-corrected chi connectivity index (χ4v) is 3.07. The molecule has 4 aromatic rings. The number of rotatable bonds is 3. The van der Waals surface area contributed by atoms with Gasteiger partial charge in [-0.1, -0.05) is 48.5 Å². The lowest BCUT2D eigenvalue weighted by atomic mass is 10.0. The summed E-state index contributed by atoms with van der Waals surface area (Å²) < 4.78 is 1.83. The van der Waals surface area contributed by atoms with Crippen LogP contribution in [0.3, 0.4) is 0 Å². The molecule has 0 aliphatic rings. The van der Waals surface area contributed by atoms with Crippen molar-refractivity contribution >= 4 is 16.6 Å². The van der Waals surface area contributed by atoms with E-state index in [1.54, 1.807) is 24.4 Å². The van der Waals surface area contributed by atoms with E-state index in [0.29, 0.717) is 22.2 Å². The number of hydrogen-bond acceptors (Lipinski definition) is 3. The summed E-state index contributed by atoms with van der Waals surface area (Å²) in [6, 6.07) is 23.1. The van der Waals surface area contributed by atoms with Crippen LogP contribution < -0.4 is 5.43 Å². The molecular weight excluding hydrogens is 328 g/mol. The van der Waals surface area contributed by atoms with Crippen molar-refractivity contribution in [3.05, 3.63) is 105 Å². The monoisotopic (exact) mass is 342 g/mol. The fraction of sp³-hybridized carbons (Fsp3) is 0. The van der Waals surface area contributed by atoms with E-state index in [2.05, 4.69) is 0 Å². The van der Waals surface area contributed by atoms with Gasteiger partial charge in [0.1, 0.15) is 0 Å². The van der Waals surface area contributed by atoms with Gasteiger partial charge in [0.25, 0.3) is 5.69 Å². The molecule has 5 nitrogen and oxygen atoms in total. The Labute approximate surface area is 148 Å². The van der Waals surface area contributed by atoms with E-state index in [1.165, 1.54) is 12.1 Å². The van der Waals surface area contributed by atoms with Crippen LogP contribution in [-0.4, -0.2) is 9.49 Å². The topological polar surface area (TPSA) is 65.1 Å². The third kappa shape index (κ3) is 2.65. The van der Waals surface area contributed by atoms with E-state index >= 15 is 0 Å². The number of para-hydroxylation sites is 1. The van der Waals surface area contributed by atoms with Crippen molar-refractivity contribution in [2.45, 2.75) is 0 Å². The van der Waals surface area contributed by atoms with Gasteiger partial charge in [-0.15, -0.1) is 0 Å². The fourth-order valence-electron chi connectivity index (χ4n) is 3.07. The highest BCUT2D eigenvalue weighted by molar-refractivity contribution is 5.85. The third-order valence-electron chi connectivity index (χ3n) is 4.31.